The molecule has 1 aromatic heterocycles. The minimum atomic E-state index is -0.772. The summed E-state index contributed by atoms with van der Waals surface area (Å²) in [6.45, 7) is 5.62. The van der Waals surface area contributed by atoms with Crippen LogP contribution in [0.5, 0.6) is 5.75 Å². The van der Waals surface area contributed by atoms with Gasteiger partial charge in [-0.2, -0.15) is 0 Å². The summed E-state index contributed by atoms with van der Waals surface area (Å²) >= 11 is 0. The van der Waals surface area contributed by atoms with Gasteiger partial charge in [0.25, 0.3) is 5.91 Å². The molecule has 1 aliphatic rings. The van der Waals surface area contributed by atoms with Gasteiger partial charge in [0.1, 0.15) is 17.4 Å². The van der Waals surface area contributed by atoms with Crippen LogP contribution in [0.4, 0.5) is 10.1 Å². The van der Waals surface area contributed by atoms with Crippen LogP contribution in [0.3, 0.4) is 0 Å². The maximum absolute atomic E-state index is 13.3. The maximum Gasteiger partial charge on any atom is 0.265 e. The third-order valence-corrected chi connectivity index (χ3v) is 4.75. The number of aromatic nitrogens is 2. The standard InChI is InChI=1S/C21H23FN4O3/c1-14(29-17-4-2-3-15(22)11-17)21(27)23-16-5-6-18-19(12-16)25-20(24-18)13-26-7-9-28-10-8-26/h2-6,11-12,14H,7-10,13H2,1H3,(H,23,27)(H,24,25). The van der Waals surface area contributed by atoms with Crippen LogP contribution in [0.2, 0.25) is 0 Å². The summed E-state index contributed by atoms with van der Waals surface area (Å²) in [7, 11) is 0. The van der Waals surface area contributed by atoms with E-state index >= 15 is 0 Å². The number of carbonyl (C=O) groups excluding carboxylic acids is 1. The molecule has 0 radical (unpaired) electrons. The third kappa shape index (κ3) is 4.90. The van der Waals surface area contributed by atoms with Crippen molar-refractivity contribution in [3.8, 4) is 5.75 Å². The molecule has 0 bridgehead atoms. The van der Waals surface area contributed by atoms with Crippen LogP contribution in [0, 0.1) is 5.82 Å². The number of ether oxygens (including phenoxy) is 2. The quantitative estimate of drug-likeness (QED) is 0.667. The molecule has 7 nitrogen and oxygen atoms in total. The lowest BCUT2D eigenvalue weighted by Crippen LogP contribution is -2.35. The van der Waals surface area contributed by atoms with Crippen LogP contribution in [-0.4, -0.2) is 53.2 Å². The van der Waals surface area contributed by atoms with Crippen molar-refractivity contribution < 1.29 is 18.7 Å². The molecular weight excluding hydrogens is 375 g/mol. The van der Waals surface area contributed by atoms with Gasteiger partial charge in [-0.1, -0.05) is 6.07 Å². The number of morpholine rings is 1. The van der Waals surface area contributed by atoms with Crippen LogP contribution in [-0.2, 0) is 16.1 Å². The Balaban J connectivity index is 1.40. The number of nitrogens with one attached hydrogen (secondary N) is 2. The summed E-state index contributed by atoms with van der Waals surface area (Å²) in [5, 5.41) is 2.83. The average molecular weight is 398 g/mol. The van der Waals surface area contributed by atoms with E-state index in [4.69, 9.17) is 9.47 Å². The van der Waals surface area contributed by atoms with E-state index in [9.17, 15) is 9.18 Å². The molecule has 2 heterocycles. The van der Waals surface area contributed by atoms with Gasteiger partial charge in [0.2, 0.25) is 0 Å². The fourth-order valence-electron chi connectivity index (χ4n) is 3.23. The smallest absolute Gasteiger partial charge is 0.265 e. The van der Waals surface area contributed by atoms with Crippen molar-refractivity contribution in [2.24, 2.45) is 0 Å². The van der Waals surface area contributed by atoms with Gasteiger partial charge in [-0.05, 0) is 37.3 Å². The van der Waals surface area contributed by atoms with E-state index in [0.29, 0.717) is 11.4 Å². The number of anilines is 1. The zero-order chi connectivity index (χ0) is 20.2. The molecule has 0 saturated carbocycles. The number of hydrogen-bond acceptors (Lipinski definition) is 5. The topological polar surface area (TPSA) is 79.5 Å². The van der Waals surface area contributed by atoms with E-state index in [1.807, 2.05) is 12.1 Å². The lowest BCUT2D eigenvalue weighted by Gasteiger charge is -2.25. The zero-order valence-electron chi connectivity index (χ0n) is 16.2. The normalized spacial score (nSPS) is 15.9. The summed E-state index contributed by atoms with van der Waals surface area (Å²) in [5.74, 6) is 0.465. The fourth-order valence-corrected chi connectivity index (χ4v) is 3.23. The van der Waals surface area contributed by atoms with Gasteiger partial charge >= 0.3 is 0 Å². The average Bonchev–Trinajstić information content (AvgIpc) is 3.10. The summed E-state index contributed by atoms with van der Waals surface area (Å²) in [5.41, 5.74) is 2.33. The molecule has 152 valence electrons. The zero-order valence-corrected chi connectivity index (χ0v) is 16.2. The number of amides is 1. The van der Waals surface area contributed by atoms with Crippen molar-refractivity contribution in [3.05, 3.63) is 54.1 Å². The first kappa shape index (κ1) is 19.4. The number of rotatable bonds is 6. The van der Waals surface area contributed by atoms with Gasteiger partial charge in [-0.3, -0.25) is 9.69 Å². The molecule has 1 atom stereocenters. The predicted octanol–water partition coefficient (Wildman–Crippen LogP) is 2.94. The fraction of sp³-hybridized carbons (Fsp3) is 0.333. The van der Waals surface area contributed by atoms with Gasteiger partial charge < -0.3 is 19.8 Å². The molecule has 3 aromatic rings. The van der Waals surface area contributed by atoms with Crippen molar-refractivity contribution in [1.29, 1.82) is 0 Å². The second-order valence-electron chi connectivity index (χ2n) is 7.01. The van der Waals surface area contributed by atoms with Crippen LogP contribution in [0.1, 0.15) is 12.7 Å². The van der Waals surface area contributed by atoms with Crippen LogP contribution in [0.15, 0.2) is 42.5 Å². The highest BCUT2D eigenvalue weighted by Gasteiger charge is 2.16. The highest BCUT2D eigenvalue weighted by Crippen LogP contribution is 2.19. The SMILES string of the molecule is CC(Oc1cccc(F)c1)C(=O)Nc1ccc2nc(CN3CCOCC3)[nH]c2c1. The number of H-pyrrole nitrogens is 1. The Bertz CT molecular complexity index is 1000. The van der Waals surface area contributed by atoms with E-state index < -0.39 is 11.9 Å². The highest BCUT2D eigenvalue weighted by atomic mass is 19.1. The number of imidazole rings is 1. The molecule has 8 heteroatoms. The van der Waals surface area contributed by atoms with Gasteiger partial charge in [-0.15, -0.1) is 0 Å². The predicted molar refractivity (Wildman–Crippen MR) is 107 cm³/mol. The molecule has 4 rings (SSSR count). The Labute approximate surface area is 167 Å². The summed E-state index contributed by atoms with van der Waals surface area (Å²) in [4.78, 5) is 22.6. The monoisotopic (exact) mass is 398 g/mol. The molecule has 1 amide bonds. The van der Waals surface area contributed by atoms with E-state index in [2.05, 4.69) is 20.2 Å². The number of hydrogen-bond donors (Lipinski definition) is 2. The number of fused-ring (bicyclic) bond motifs is 1. The lowest BCUT2D eigenvalue weighted by atomic mass is 10.2. The number of nitrogens with zero attached hydrogens (tertiary/aromatic N) is 2. The van der Waals surface area contributed by atoms with Gasteiger partial charge in [0.05, 0.1) is 30.8 Å². The van der Waals surface area contributed by atoms with Gasteiger partial charge in [0.15, 0.2) is 6.10 Å². The van der Waals surface area contributed by atoms with Crippen molar-refractivity contribution >= 4 is 22.6 Å². The van der Waals surface area contributed by atoms with Crippen molar-refractivity contribution in [2.45, 2.75) is 19.6 Å². The molecule has 2 N–H and O–H groups in total. The molecule has 0 aliphatic carbocycles. The van der Waals surface area contributed by atoms with Gasteiger partial charge in [0, 0.05) is 24.8 Å². The Morgan fingerprint density at radius 1 is 1.31 bits per heavy atom. The van der Waals surface area contributed by atoms with Crippen LogP contribution in [0.25, 0.3) is 11.0 Å². The second-order valence-corrected chi connectivity index (χ2v) is 7.01. The van der Waals surface area contributed by atoms with Crippen molar-refractivity contribution in [1.82, 2.24) is 14.9 Å². The molecule has 1 saturated heterocycles. The van der Waals surface area contributed by atoms with Crippen molar-refractivity contribution in [2.75, 3.05) is 31.6 Å². The summed E-state index contributed by atoms with van der Waals surface area (Å²) in [6, 6.07) is 11.2. The number of benzene rings is 2. The minimum Gasteiger partial charge on any atom is -0.481 e. The largest absolute Gasteiger partial charge is 0.481 e. The first-order valence-corrected chi connectivity index (χ1v) is 9.59. The third-order valence-electron chi connectivity index (χ3n) is 4.75. The molecule has 0 spiro atoms. The summed E-state index contributed by atoms with van der Waals surface area (Å²) < 4.78 is 24.2. The first-order chi connectivity index (χ1) is 14.1. The lowest BCUT2D eigenvalue weighted by molar-refractivity contribution is -0.122. The molecule has 1 unspecified atom stereocenters. The van der Waals surface area contributed by atoms with Crippen LogP contribution >= 0.6 is 0 Å². The molecule has 1 fully saturated rings. The Kier molecular flexibility index (Phi) is 5.73. The van der Waals surface area contributed by atoms with Crippen molar-refractivity contribution in [3.63, 3.8) is 0 Å². The van der Waals surface area contributed by atoms with E-state index in [1.54, 1.807) is 19.1 Å². The Morgan fingerprint density at radius 2 is 2.14 bits per heavy atom. The number of aromatic amines is 1. The second kappa shape index (κ2) is 8.59. The number of carbonyl (C=O) groups is 1. The van der Waals surface area contributed by atoms with E-state index in [-0.39, 0.29) is 5.91 Å². The Hall–Kier alpha value is -2.97. The maximum atomic E-state index is 13.3. The van der Waals surface area contributed by atoms with E-state index in [1.165, 1.54) is 18.2 Å². The molecule has 1 aliphatic heterocycles. The molecular formula is C21H23FN4O3. The van der Waals surface area contributed by atoms with Gasteiger partial charge in [-0.25, -0.2) is 9.37 Å². The molecule has 29 heavy (non-hydrogen) atoms. The molecule has 2 aromatic carbocycles. The van der Waals surface area contributed by atoms with Crippen LogP contribution < -0.4 is 10.1 Å². The highest BCUT2D eigenvalue weighted by molar-refractivity contribution is 5.95. The Morgan fingerprint density at radius 3 is 2.93 bits per heavy atom. The first-order valence-electron chi connectivity index (χ1n) is 9.59. The van der Waals surface area contributed by atoms with E-state index in [0.717, 1.165) is 49.7 Å². The number of halogens is 1. The summed E-state index contributed by atoms with van der Waals surface area (Å²) in [6.07, 6.45) is -0.772. The minimum absolute atomic E-state index is 0.310.